The van der Waals surface area contributed by atoms with E-state index < -0.39 is 5.60 Å². The summed E-state index contributed by atoms with van der Waals surface area (Å²) >= 11 is 4.83. The van der Waals surface area contributed by atoms with E-state index in [4.69, 9.17) is 12.6 Å². The summed E-state index contributed by atoms with van der Waals surface area (Å²) in [6.07, 6.45) is 2.19. The SMILES string of the molecule is Cl.OC1(C(S)c2ccc(-c3ccccc3)cc2)CN2CCC1CC2. The molecular formula is C20H24ClNOS. The molecule has 5 rings (SSSR count). The average molecular weight is 362 g/mol. The molecule has 3 saturated heterocycles. The summed E-state index contributed by atoms with van der Waals surface area (Å²) in [7, 11) is 0. The molecular weight excluding hydrogens is 338 g/mol. The second-order valence-electron chi connectivity index (χ2n) is 6.93. The number of nitrogens with zero attached hydrogens (tertiary/aromatic N) is 1. The van der Waals surface area contributed by atoms with Gasteiger partial charge in [-0.25, -0.2) is 0 Å². The summed E-state index contributed by atoms with van der Waals surface area (Å²) < 4.78 is 0. The third-order valence-electron chi connectivity index (χ3n) is 5.58. The largest absolute Gasteiger partial charge is 0.387 e. The van der Waals surface area contributed by atoms with Gasteiger partial charge in [-0.15, -0.1) is 12.4 Å². The Bertz CT molecular complexity index is 670. The highest BCUT2D eigenvalue weighted by Gasteiger charge is 2.49. The zero-order chi connectivity index (χ0) is 15.9. The van der Waals surface area contributed by atoms with Crippen LogP contribution in [-0.4, -0.2) is 35.2 Å². The van der Waals surface area contributed by atoms with Crippen molar-refractivity contribution in [3.8, 4) is 11.1 Å². The number of thiol groups is 1. The Kier molecular flexibility index (Phi) is 5.26. The Hall–Kier alpha value is -1.00. The van der Waals surface area contributed by atoms with Crippen LogP contribution in [0.4, 0.5) is 0 Å². The van der Waals surface area contributed by atoms with E-state index in [1.807, 2.05) is 6.07 Å². The van der Waals surface area contributed by atoms with Crippen molar-refractivity contribution in [3.63, 3.8) is 0 Å². The lowest BCUT2D eigenvalue weighted by Crippen LogP contribution is -2.60. The Morgan fingerprint density at radius 1 is 0.958 bits per heavy atom. The van der Waals surface area contributed by atoms with Gasteiger partial charge in [0.05, 0.1) is 10.9 Å². The molecule has 2 aromatic rings. The summed E-state index contributed by atoms with van der Waals surface area (Å²) in [5, 5.41) is 11.1. The van der Waals surface area contributed by atoms with E-state index in [-0.39, 0.29) is 17.7 Å². The summed E-state index contributed by atoms with van der Waals surface area (Å²) in [5.74, 6) is 0.379. The number of rotatable bonds is 3. The number of fused-ring (bicyclic) bond motifs is 3. The first-order valence-corrected chi connectivity index (χ1v) is 8.97. The van der Waals surface area contributed by atoms with Gasteiger partial charge in [0.25, 0.3) is 0 Å². The first-order valence-electron chi connectivity index (χ1n) is 8.45. The van der Waals surface area contributed by atoms with Gasteiger partial charge >= 0.3 is 0 Å². The van der Waals surface area contributed by atoms with Crippen LogP contribution in [0.1, 0.15) is 23.7 Å². The predicted octanol–water partition coefficient (Wildman–Crippen LogP) is 4.20. The van der Waals surface area contributed by atoms with E-state index in [0.717, 1.165) is 38.0 Å². The molecule has 3 fully saturated rings. The van der Waals surface area contributed by atoms with E-state index in [9.17, 15) is 5.11 Å². The second kappa shape index (κ2) is 7.09. The molecule has 0 radical (unpaired) electrons. The van der Waals surface area contributed by atoms with Crippen molar-refractivity contribution in [1.29, 1.82) is 0 Å². The highest BCUT2D eigenvalue weighted by Crippen LogP contribution is 2.46. The molecule has 0 aromatic heterocycles. The molecule has 4 heteroatoms. The minimum absolute atomic E-state index is 0. The fraction of sp³-hybridized carbons (Fsp3) is 0.400. The highest BCUT2D eigenvalue weighted by molar-refractivity contribution is 7.80. The van der Waals surface area contributed by atoms with Crippen molar-refractivity contribution < 1.29 is 5.11 Å². The number of aliphatic hydroxyl groups is 1. The number of hydrogen-bond donors (Lipinski definition) is 2. The lowest BCUT2D eigenvalue weighted by Gasteiger charge is -2.52. The van der Waals surface area contributed by atoms with Crippen molar-refractivity contribution in [3.05, 3.63) is 60.2 Å². The molecule has 0 spiro atoms. The van der Waals surface area contributed by atoms with E-state index >= 15 is 0 Å². The third kappa shape index (κ3) is 3.11. The topological polar surface area (TPSA) is 23.5 Å². The Labute approximate surface area is 155 Å². The summed E-state index contributed by atoms with van der Waals surface area (Å²) in [4.78, 5) is 2.38. The minimum atomic E-state index is -0.701. The van der Waals surface area contributed by atoms with E-state index in [0.29, 0.717) is 5.92 Å². The van der Waals surface area contributed by atoms with Crippen molar-refractivity contribution in [2.75, 3.05) is 19.6 Å². The molecule has 1 N–H and O–H groups in total. The van der Waals surface area contributed by atoms with Gasteiger partial charge in [0.15, 0.2) is 0 Å². The fourth-order valence-electron chi connectivity index (χ4n) is 4.17. The van der Waals surface area contributed by atoms with Gasteiger partial charge in [0, 0.05) is 6.54 Å². The molecule has 0 aliphatic carbocycles. The van der Waals surface area contributed by atoms with Gasteiger partial charge in [-0.1, -0.05) is 54.6 Å². The molecule has 128 valence electrons. The molecule has 0 saturated carbocycles. The normalized spacial score (nSPS) is 29.8. The van der Waals surface area contributed by atoms with E-state index in [1.54, 1.807) is 0 Å². The fourth-order valence-corrected chi connectivity index (χ4v) is 4.63. The number of piperidine rings is 3. The van der Waals surface area contributed by atoms with Gasteiger partial charge < -0.3 is 10.0 Å². The van der Waals surface area contributed by atoms with Gasteiger partial charge in [-0.05, 0) is 48.5 Å². The zero-order valence-corrected chi connectivity index (χ0v) is 15.3. The summed E-state index contributed by atoms with van der Waals surface area (Å²) in [6.45, 7) is 3.01. The maximum absolute atomic E-state index is 11.3. The van der Waals surface area contributed by atoms with Gasteiger partial charge in [-0.2, -0.15) is 12.6 Å². The number of hydrogen-bond acceptors (Lipinski definition) is 3. The van der Waals surface area contributed by atoms with E-state index in [2.05, 4.69) is 53.4 Å². The van der Waals surface area contributed by atoms with Gasteiger partial charge in [0.1, 0.15) is 0 Å². The molecule has 3 aliphatic heterocycles. The maximum Gasteiger partial charge on any atom is 0.0958 e. The van der Waals surface area contributed by atoms with Crippen LogP contribution in [0, 0.1) is 5.92 Å². The minimum Gasteiger partial charge on any atom is -0.387 e. The quantitative estimate of drug-likeness (QED) is 0.800. The van der Waals surface area contributed by atoms with Crippen LogP contribution in [-0.2, 0) is 0 Å². The van der Waals surface area contributed by atoms with Crippen LogP contribution in [0.5, 0.6) is 0 Å². The van der Waals surface area contributed by atoms with Crippen LogP contribution >= 0.6 is 25.0 Å². The molecule has 2 atom stereocenters. The standard InChI is InChI=1S/C20H23NOS.ClH/c22-20(14-21-12-10-18(20)11-13-21)19(23)17-8-6-16(7-9-17)15-4-2-1-3-5-15;/h1-9,18-19,22-23H,10-14H2;1H. The van der Waals surface area contributed by atoms with Crippen molar-refractivity contribution in [2.45, 2.75) is 23.7 Å². The number of halogens is 1. The second-order valence-corrected chi connectivity index (χ2v) is 7.45. The molecule has 2 aromatic carbocycles. The van der Waals surface area contributed by atoms with Crippen molar-refractivity contribution in [1.82, 2.24) is 4.90 Å². The Morgan fingerprint density at radius 2 is 1.54 bits per heavy atom. The summed E-state index contributed by atoms with van der Waals surface area (Å²) in [5.41, 5.74) is 2.84. The molecule has 24 heavy (non-hydrogen) atoms. The third-order valence-corrected chi connectivity index (χ3v) is 6.32. The van der Waals surface area contributed by atoms with Crippen LogP contribution < -0.4 is 0 Å². The van der Waals surface area contributed by atoms with Crippen LogP contribution in [0.25, 0.3) is 11.1 Å². The maximum atomic E-state index is 11.3. The van der Waals surface area contributed by atoms with Crippen molar-refractivity contribution >= 4 is 25.0 Å². The predicted molar refractivity (Wildman–Crippen MR) is 105 cm³/mol. The summed E-state index contributed by atoms with van der Waals surface area (Å²) in [6, 6.07) is 18.9. The first-order chi connectivity index (χ1) is 11.2. The molecule has 2 nitrogen and oxygen atoms in total. The van der Waals surface area contributed by atoms with Gasteiger partial charge in [-0.3, -0.25) is 0 Å². The smallest absolute Gasteiger partial charge is 0.0958 e. The number of benzene rings is 2. The molecule has 2 unspecified atom stereocenters. The average Bonchev–Trinajstić information content (AvgIpc) is 2.63. The zero-order valence-electron chi connectivity index (χ0n) is 13.6. The first kappa shape index (κ1) is 17.8. The Morgan fingerprint density at radius 3 is 2.08 bits per heavy atom. The monoisotopic (exact) mass is 361 g/mol. The molecule has 0 amide bonds. The Balaban J connectivity index is 0.00000169. The molecule has 3 aliphatic rings. The van der Waals surface area contributed by atoms with Crippen LogP contribution in [0.2, 0.25) is 0 Å². The molecule has 3 heterocycles. The lowest BCUT2D eigenvalue weighted by atomic mass is 9.72. The molecule has 2 bridgehead atoms. The van der Waals surface area contributed by atoms with Gasteiger partial charge in [0.2, 0.25) is 0 Å². The van der Waals surface area contributed by atoms with Crippen molar-refractivity contribution in [2.24, 2.45) is 5.92 Å². The van der Waals surface area contributed by atoms with Crippen LogP contribution in [0.3, 0.4) is 0 Å². The van der Waals surface area contributed by atoms with E-state index in [1.165, 1.54) is 11.1 Å². The highest BCUT2D eigenvalue weighted by atomic mass is 35.5. The lowest BCUT2D eigenvalue weighted by molar-refractivity contribution is -0.112. The van der Waals surface area contributed by atoms with Crippen LogP contribution in [0.15, 0.2) is 54.6 Å².